The molecule has 1 N–H and O–H groups in total. The van der Waals surface area contributed by atoms with E-state index < -0.39 is 22.6 Å². The van der Waals surface area contributed by atoms with Crippen LogP contribution < -0.4 is 5.32 Å². The first kappa shape index (κ1) is 21.2. The summed E-state index contributed by atoms with van der Waals surface area (Å²) in [5, 5.41) is 25.1. The molecular weight excluding hydrogens is 425 g/mol. The molecule has 156 valence electrons. The number of anilines is 1. The molecule has 0 saturated heterocycles. The lowest BCUT2D eigenvalue weighted by Crippen LogP contribution is -2.14. The molecule has 0 aliphatic heterocycles. The normalized spacial score (nSPS) is 11.3. The van der Waals surface area contributed by atoms with Gasteiger partial charge in [-0.25, -0.2) is 4.68 Å². The fourth-order valence-corrected chi connectivity index (χ4v) is 3.35. The molecule has 0 saturated carbocycles. The van der Waals surface area contributed by atoms with Crippen LogP contribution in [0.5, 0.6) is 0 Å². The lowest BCUT2D eigenvalue weighted by Gasteiger charge is -2.11. The van der Waals surface area contributed by atoms with Crippen molar-refractivity contribution in [3.05, 3.63) is 63.7 Å². The van der Waals surface area contributed by atoms with Crippen LogP contribution in [0.3, 0.4) is 0 Å². The number of amides is 1. The number of nitro groups is 1. The van der Waals surface area contributed by atoms with Crippen LogP contribution in [0, 0.1) is 10.1 Å². The van der Waals surface area contributed by atoms with Crippen molar-refractivity contribution in [2.45, 2.75) is 29.7 Å². The zero-order valence-corrected chi connectivity index (χ0v) is 16.1. The van der Waals surface area contributed by atoms with E-state index in [2.05, 4.69) is 20.8 Å². The highest BCUT2D eigenvalue weighted by molar-refractivity contribution is 7.99. The van der Waals surface area contributed by atoms with Gasteiger partial charge in [0.05, 0.1) is 16.1 Å². The third kappa shape index (κ3) is 4.74. The van der Waals surface area contributed by atoms with Gasteiger partial charge in [-0.1, -0.05) is 0 Å². The predicted molar refractivity (Wildman–Crippen MR) is 100 cm³/mol. The van der Waals surface area contributed by atoms with E-state index >= 15 is 0 Å². The van der Waals surface area contributed by atoms with Gasteiger partial charge in [0.15, 0.2) is 0 Å². The molecule has 0 radical (unpaired) electrons. The van der Waals surface area contributed by atoms with E-state index in [-0.39, 0.29) is 16.9 Å². The van der Waals surface area contributed by atoms with Gasteiger partial charge in [-0.2, -0.15) is 13.2 Å². The molecule has 2 aromatic carbocycles. The Hall–Kier alpha value is -3.48. The lowest BCUT2D eigenvalue weighted by atomic mass is 10.1. The Morgan fingerprint density at radius 1 is 1.23 bits per heavy atom. The van der Waals surface area contributed by atoms with Crippen LogP contribution in [0.25, 0.3) is 0 Å². The number of halogens is 3. The van der Waals surface area contributed by atoms with Crippen LogP contribution in [0.2, 0.25) is 0 Å². The molecular formula is C17H13F3N6O3S. The summed E-state index contributed by atoms with van der Waals surface area (Å²) in [4.78, 5) is 23.6. The SMILES string of the molecule is CCn1nnnc1Sc1ccc([N+](=O)[O-])cc1C(=O)Nc1ccc(C(F)(F)F)cc1. The van der Waals surface area contributed by atoms with Gasteiger partial charge in [-0.3, -0.25) is 14.9 Å². The number of carbonyl (C=O) groups excluding carboxylic acids is 1. The number of hydrogen-bond donors (Lipinski definition) is 1. The maximum Gasteiger partial charge on any atom is 0.416 e. The van der Waals surface area contributed by atoms with Crippen LogP contribution in [0.4, 0.5) is 24.5 Å². The van der Waals surface area contributed by atoms with Crippen LogP contribution in [-0.4, -0.2) is 31.0 Å². The van der Waals surface area contributed by atoms with Gasteiger partial charge in [0, 0.05) is 29.3 Å². The van der Waals surface area contributed by atoms with Gasteiger partial charge in [-0.15, -0.1) is 5.10 Å². The summed E-state index contributed by atoms with van der Waals surface area (Å²) in [6, 6.07) is 7.56. The Labute approximate surface area is 171 Å². The Morgan fingerprint density at radius 2 is 1.93 bits per heavy atom. The highest BCUT2D eigenvalue weighted by atomic mass is 32.2. The largest absolute Gasteiger partial charge is 0.416 e. The minimum Gasteiger partial charge on any atom is -0.322 e. The number of tetrazole rings is 1. The molecule has 30 heavy (non-hydrogen) atoms. The summed E-state index contributed by atoms with van der Waals surface area (Å²) in [6.45, 7) is 2.28. The van der Waals surface area contributed by atoms with Gasteiger partial charge in [0.25, 0.3) is 11.6 Å². The Morgan fingerprint density at radius 3 is 2.53 bits per heavy atom. The van der Waals surface area contributed by atoms with Crippen LogP contribution in [-0.2, 0) is 12.7 Å². The molecule has 0 aliphatic carbocycles. The average Bonchev–Trinajstić information content (AvgIpc) is 3.15. The molecule has 13 heteroatoms. The number of rotatable bonds is 6. The second-order valence-electron chi connectivity index (χ2n) is 5.85. The number of nitrogens with one attached hydrogen (secondary N) is 1. The summed E-state index contributed by atoms with van der Waals surface area (Å²) < 4.78 is 39.5. The number of aromatic nitrogens is 4. The van der Waals surface area contributed by atoms with E-state index in [1.807, 2.05) is 6.92 Å². The van der Waals surface area contributed by atoms with E-state index in [9.17, 15) is 28.1 Å². The summed E-state index contributed by atoms with van der Waals surface area (Å²) in [5.74, 6) is -0.725. The molecule has 3 rings (SSSR count). The van der Waals surface area contributed by atoms with E-state index in [1.165, 1.54) is 16.8 Å². The second kappa shape index (κ2) is 8.49. The molecule has 0 spiro atoms. The van der Waals surface area contributed by atoms with Gasteiger partial charge in [-0.05, 0) is 59.4 Å². The van der Waals surface area contributed by atoms with Crippen molar-refractivity contribution in [1.29, 1.82) is 0 Å². The minimum atomic E-state index is -4.50. The van der Waals surface area contributed by atoms with Crippen LogP contribution in [0.1, 0.15) is 22.8 Å². The van der Waals surface area contributed by atoms with Crippen molar-refractivity contribution in [1.82, 2.24) is 20.2 Å². The predicted octanol–water partition coefficient (Wildman–Crippen LogP) is 4.02. The zero-order chi connectivity index (χ0) is 21.9. The zero-order valence-electron chi connectivity index (χ0n) is 15.3. The molecule has 0 unspecified atom stereocenters. The number of aryl methyl sites for hydroxylation is 1. The van der Waals surface area contributed by atoms with Crippen molar-refractivity contribution in [3.8, 4) is 0 Å². The number of hydrogen-bond acceptors (Lipinski definition) is 7. The fraction of sp³-hybridized carbons (Fsp3) is 0.176. The fourth-order valence-electron chi connectivity index (χ4n) is 2.41. The molecule has 0 atom stereocenters. The van der Waals surface area contributed by atoms with Crippen molar-refractivity contribution < 1.29 is 22.9 Å². The molecule has 1 heterocycles. The highest BCUT2D eigenvalue weighted by Crippen LogP contribution is 2.33. The molecule has 3 aromatic rings. The lowest BCUT2D eigenvalue weighted by molar-refractivity contribution is -0.384. The third-order valence-electron chi connectivity index (χ3n) is 3.89. The van der Waals surface area contributed by atoms with Gasteiger partial charge >= 0.3 is 6.18 Å². The quantitative estimate of drug-likeness (QED) is 0.456. The van der Waals surface area contributed by atoms with Gasteiger partial charge in [0.1, 0.15) is 0 Å². The summed E-state index contributed by atoms with van der Waals surface area (Å²) >= 11 is 1.03. The first-order chi connectivity index (χ1) is 14.2. The molecule has 0 aliphatic rings. The number of nitrogens with zero attached hydrogens (tertiary/aromatic N) is 5. The summed E-state index contributed by atoms with van der Waals surface area (Å²) in [7, 11) is 0. The van der Waals surface area contributed by atoms with Crippen molar-refractivity contribution in [2.24, 2.45) is 0 Å². The second-order valence-corrected chi connectivity index (χ2v) is 6.86. The summed E-state index contributed by atoms with van der Waals surface area (Å²) in [5.41, 5.74) is -1.11. The number of alkyl halides is 3. The van der Waals surface area contributed by atoms with Gasteiger partial charge < -0.3 is 5.32 Å². The van der Waals surface area contributed by atoms with Crippen LogP contribution >= 0.6 is 11.8 Å². The van der Waals surface area contributed by atoms with Crippen molar-refractivity contribution in [2.75, 3.05) is 5.32 Å². The first-order valence-corrected chi connectivity index (χ1v) is 9.21. The van der Waals surface area contributed by atoms with Gasteiger partial charge in [0.2, 0.25) is 5.16 Å². The average molecular weight is 438 g/mol. The molecule has 0 bridgehead atoms. The Balaban J connectivity index is 1.91. The van der Waals surface area contributed by atoms with E-state index in [0.717, 1.165) is 42.1 Å². The molecule has 1 aromatic heterocycles. The maximum atomic E-state index is 12.7. The van der Waals surface area contributed by atoms with E-state index in [4.69, 9.17) is 0 Å². The standard InChI is InChI=1S/C17H13F3N6O3S/c1-2-25-16(22-23-24-25)30-14-8-7-12(26(28)29)9-13(14)15(27)21-11-5-3-10(4-6-11)17(18,19)20/h3-9H,2H2,1H3,(H,21,27). The molecule has 0 fully saturated rings. The number of carbonyl (C=O) groups is 1. The highest BCUT2D eigenvalue weighted by Gasteiger charge is 2.30. The number of nitro benzene ring substituents is 1. The minimum absolute atomic E-state index is 0.0419. The van der Waals surface area contributed by atoms with E-state index in [1.54, 1.807) is 0 Å². The first-order valence-electron chi connectivity index (χ1n) is 8.40. The smallest absolute Gasteiger partial charge is 0.322 e. The number of benzene rings is 2. The van der Waals surface area contributed by atoms with Crippen molar-refractivity contribution in [3.63, 3.8) is 0 Å². The third-order valence-corrected chi connectivity index (χ3v) is 4.94. The Bertz CT molecular complexity index is 1090. The molecule has 1 amide bonds. The Kier molecular flexibility index (Phi) is 6.01. The summed E-state index contributed by atoms with van der Waals surface area (Å²) in [6.07, 6.45) is -4.50. The van der Waals surface area contributed by atoms with Crippen LogP contribution in [0.15, 0.2) is 52.5 Å². The van der Waals surface area contributed by atoms with Crippen molar-refractivity contribution >= 4 is 29.0 Å². The maximum absolute atomic E-state index is 12.7. The van der Waals surface area contributed by atoms with E-state index in [0.29, 0.717) is 16.6 Å². The monoisotopic (exact) mass is 438 g/mol. The topological polar surface area (TPSA) is 116 Å². The number of non-ortho nitro benzene ring substituents is 1. The molecule has 9 nitrogen and oxygen atoms in total.